The summed E-state index contributed by atoms with van der Waals surface area (Å²) in [6.45, 7) is 4.59. The molecule has 3 atom stereocenters. The van der Waals surface area contributed by atoms with Gasteiger partial charge in [0.25, 0.3) is 7.82 Å². The highest BCUT2D eigenvalue weighted by molar-refractivity contribution is 7.45. The summed E-state index contributed by atoms with van der Waals surface area (Å²) in [5.41, 5.74) is 0. The number of carbonyl (C=O) groups is 1. The van der Waals surface area contributed by atoms with E-state index < -0.39 is 20.0 Å². The van der Waals surface area contributed by atoms with Crippen LogP contribution in [0.1, 0.15) is 245 Å². The van der Waals surface area contributed by atoms with Crippen molar-refractivity contribution in [2.75, 3.05) is 40.9 Å². The Kier molecular flexibility index (Phi) is 55.8. The first kappa shape index (κ1) is 74.6. The second-order valence-electron chi connectivity index (χ2n) is 22.0. The molecule has 0 saturated carbocycles. The zero-order valence-corrected chi connectivity index (χ0v) is 51.7. The number of hydrogen-bond donors (Lipinski definition) is 2. The number of nitrogens with one attached hydrogen (secondary N) is 1. The lowest BCUT2D eigenvalue weighted by molar-refractivity contribution is -0.870. The van der Waals surface area contributed by atoms with Gasteiger partial charge >= 0.3 is 0 Å². The van der Waals surface area contributed by atoms with Crippen LogP contribution < -0.4 is 10.2 Å². The fourth-order valence-corrected chi connectivity index (χ4v) is 9.24. The molecule has 0 rings (SSSR count). The molecule has 0 aliphatic heterocycles. The van der Waals surface area contributed by atoms with Crippen molar-refractivity contribution in [2.24, 2.45) is 0 Å². The lowest BCUT2D eigenvalue weighted by Crippen LogP contribution is -2.46. The maximum Gasteiger partial charge on any atom is 0.268 e. The van der Waals surface area contributed by atoms with Crippen LogP contribution in [-0.4, -0.2) is 68.5 Å². The lowest BCUT2D eigenvalue weighted by Gasteiger charge is -2.30. The second-order valence-corrected chi connectivity index (χ2v) is 23.4. The van der Waals surface area contributed by atoms with Gasteiger partial charge in [0.2, 0.25) is 5.91 Å². The molecule has 446 valence electrons. The fraction of sp³-hybridized carbons (Fsp3) is 0.667. The van der Waals surface area contributed by atoms with Gasteiger partial charge < -0.3 is 28.8 Å². The van der Waals surface area contributed by atoms with Crippen LogP contribution in [-0.2, 0) is 18.4 Å². The monoisotopic (exact) mass is 1100 g/mol. The maximum absolute atomic E-state index is 13.0. The van der Waals surface area contributed by atoms with E-state index in [1.165, 1.54) is 89.9 Å². The summed E-state index contributed by atoms with van der Waals surface area (Å²) in [5, 5.41) is 14.0. The molecule has 0 aromatic heterocycles. The number of phosphoric acid groups is 1. The van der Waals surface area contributed by atoms with Crippen LogP contribution in [0.4, 0.5) is 0 Å². The molecule has 0 radical (unpaired) electrons. The minimum atomic E-state index is -4.59. The third-order valence-corrected chi connectivity index (χ3v) is 14.4. The molecule has 1 amide bonds. The van der Waals surface area contributed by atoms with E-state index in [4.69, 9.17) is 9.05 Å². The van der Waals surface area contributed by atoms with Crippen LogP contribution in [0, 0.1) is 0 Å². The van der Waals surface area contributed by atoms with E-state index in [0.717, 1.165) is 128 Å². The first-order valence-electron chi connectivity index (χ1n) is 31.5. The number of quaternary nitrogens is 1. The summed E-state index contributed by atoms with van der Waals surface area (Å²) >= 11 is 0. The van der Waals surface area contributed by atoms with E-state index in [9.17, 15) is 19.4 Å². The van der Waals surface area contributed by atoms with Crippen molar-refractivity contribution in [1.29, 1.82) is 0 Å². The summed E-state index contributed by atoms with van der Waals surface area (Å²) in [6.07, 6.45) is 87.8. The van der Waals surface area contributed by atoms with Crippen molar-refractivity contribution in [1.82, 2.24) is 5.32 Å². The van der Waals surface area contributed by atoms with Crippen LogP contribution in [0.5, 0.6) is 0 Å². The third-order valence-electron chi connectivity index (χ3n) is 13.4. The minimum Gasteiger partial charge on any atom is -0.756 e. The number of unbranched alkanes of at least 4 members (excludes halogenated alkanes) is 21. The van der Waals surface area contributed by atoms with Crippen LogP contribution in [0.2, 0.25) is 0 Å². The first-order chi connectivity index (χ1) is 38.0. The number of phosphoric ester groups is 1. The van der Waals surface area contributed by atoms with Crippen LogP contribution in [0.25, 0.3) is 0 Å². The smallest absolute Gasteiger partial charge is 0.268 e. The molecule has 0 bridgehead atoms. The van der Waals surface area contributed by atoms with E-state index in [1.807, 2.05) is 21.1 Å². The molecule has 8 nitrogen and oxygen atoms in total. The fourth-order valence-electron chi connectivity index (χ4n) is 8.52. The van der Waals surface area contributed by atoms with Crippen molar-refractivity contribution in [3.05, 3.63) is 134 Å². The van der Waals surface area contributed by atoms with Crippen LogP contribution in [0.15, 0.2) is 134 Å². The quantitative estimate of drug-likeness (QED) is 0.0272. The molecule has 3 unspecified atom stereocenters. The first-order valence-corrected chi connectivity index (χ1v) is 33.0. The average molecular weight is 1100 g/mol. The van der Waals surface area contributed by atoms with E-state index in [1.54, 1.807) is 0 Å². The standard InChI is InChI=1S/C69H119N2O6P/c1-6-8-10-12-14-16-18-20-22-24-25-26-27-28-29-30-31-32-33-34-35-36-37-38-39-40-41-42-43-44-45-47-49-51-53-55-57-59-61-63-69(73)70-67(66-77-78(74,75)76-65-64-71(3,4)5)68(72)62-60-58-56-54-52-50-48-46-23-21-19-17-15-13-11-9-7-2/h8,10,14,16,20,22,25-26,28-29,31-32,34-35,37-38,40-41,43-44,47,49,67-68,72H,6-7,9,11-13,15,17-19,21,23-24,27,30,33,36,39,42,45-46,48,50-66H2,1-5H3,(H-,70,73,74,75)/b10-8-,16-14-,22-20-,26-25-,29-28-,32-31-,35-34-,38-37-,41-40-,44-43-,49-47-. The van der Waals surface area contributed by atoms with Gasteiger partial charge in [-0.25, -0.2) is 0 Å². The van der Waals surface area contributed by atoms with Crippen molar-refractivity contribution in [2.45, 2.75) is 257 Å². The lowest BCUT2D eigenvalue weighted by atomic mass is 10.0. The maximum atomic E-state index is 13.0. The van der Waals surface area contributed by atoms with Crippen molar-refractivity contribution < 1.29 is 32.9 Å². The average Bonchev–Trinajstić information content (AvgIpc) is 3.40. The Hall–Kier alpha value is -3.36. The van der Waals surface area contributed by atoms with Gasteiger partial charge in [-0.15, -0.1) is 0 Å². The molecule has 0 aliphatic carbocycles. The number of amides is 1. The summed E-state index contributed by atoms with van der Waals surface area (Å²) in [4.78, 5) is 25.6. The van der Waals surface area contributed by atoms with Crippen molar-refractivity contribution >= 4 is 13.7 Å². The van der Waals surface area contributed by atoms with Gasteiger partial charge in [-0.2, -0.15) is 0 Å². The highest BCUT2D eigenvalue weighted by Crippen LogP contribution is 2.38. The number of aliphatic hydroxyl groups is 1. The van der Waals surface area contributed by atoms with Crippen LogP contribution >= 0.6 is 7.82 Å². The Morgan fingerprint density at radius 2 is 0.782 bits per heavy atom. The summed E-state index contributed by atoms with van der Waals surface area (Å²) < 4.78 is 23.4. The molecule has 2 N–H and O–H groups in total. The predicted molar refractivity (Wildman–Crippen MR) is 338 cm³/mol. The molecule has 0 aromatic carbocycles. The zero-order chi connectivity index (χ0) is 57.0. The van der Waals surface area contributed by atoms with E-state index >= 15 is 0 Å². The third kappa shape index (κ3) is 60.3. The zero-order valence-electron chi connectivity index (χ0n) is 50.8. The predicted octanol–water partition coefficient (Wildman–Crippen LogP) is 19.2. The molecule has 0 saturated heterocycles. The highest BCUT2D eigenvalue weighted by Gasteiger charge is 2.24. The Morgan fingerprint density at radius 1 is 0.462 bits per heavy atom. The summed E-state index contributed by atoms with van der Waals surface area (Å²) in [6, 6.07) is -0.821. The van der Waals surface area contributed by atoms with Crippen molar-refractivity contribution in [3.63, 3.8) is 0 Å². The molecular formula is C69H119N2O6P. The van der Waals surface area contributed by atoms with Gasteiger partial charge in [-0.3, -0.25) is 9.36 Å². The summed E-state index contributed by atoms with van der Waals surface area (Å²) in [5.74, 6) is -0.188. The molecule has 9 heteroatoms. The SMILES string of the molecule is CC/C=C\C/C=C\C/C=C\C/C=C\C/C=C\C/C=C\C/C=C\C/C=C\C/C=C\C/C=C\C/C=C\CCCCCCCC(=O)NC(COP(=O)([O-])OCC[N+](C)(C)C)C(O)CCCCCCCCCCCCCCCCCCC. The largest absolute Gasteiger partial charge is 0.756 e. The molecule has 0 aromatic rings. The van der Waals surface area contributed by atoms with E-state index in [2.05, 4.69) is 153 Å². The van der Waals surface area contributed by atoms with Gasteiger partial charge in [-0.1, -0.05) is 276 Å². The van der Waals surface area contributed by atoms with E-state index in [-0.39, 0.29) is 19.1 Å². The van der Waals surface area contributed by atoms with Gasteiger partial charge in [0, 0.05) is 6.42 Å². The Labute approximate surface area is 481 Å². The normalized spacial score (nSPS) is 14.7. The number of rotatable bonds is 56. The van der Waals surface area contributed by atoms with Crippen LogP contribution in [0.3, 0.4) is 0 Å². The molecule has 0 aliphatic rings. The Bertz CT molecular complexity index is 1730. The Morgan fingerprint density at radius 3 is 1.14 bits per heavy atom. The highest BCUT2D eigenvalue weighted by atomic mass is 31.2. The number of aliphatic hydroxyl groups excluding tert-OH is 1. The van der Waals surface area contributed by atoms with Gasteiger partial charge in [0.05, 0.1) is 39.9 Å². The number of nitrogens with zero attached hydrogens (tertiary/aromatic N) is 1. The molecular weight excluding hydrogens is 984 g/mol. The van der Waals surface area contributed by atoms with Gasteiger partial charge in [0.15, 0.2) is 0 Å². The molecule has 78 heavy (non-hydrogen) atoms. The van der Waals surface area contributed by atoms with E-state index in [0.29, 0.717) is 23.9 Å². The number of carbonyl (C=O) groups excluding carboxylic acids is 1. The minimum absolute atomic E-state index is 0.00154. The topological polar surface area (TPSA) is 108 Å². The molecule has 0 heterocycles. The number of hydrogen-bond acceptors (Lipinski definition) is 6. The Balaban J connectivity index is 4.18. The molecule has 0 fully saturated rings. The van der Waals surface area contributed by atoms with Gasteiger partial charge in [0.1, 0.15) is 13.2 Å². The number of allylic oxidation sites excluding steroid dienone is 22. The second kappa shape index (κ2) is 58.3. The summed E-state index contributed by atoms with van der Waals surface area (Å²) in [7, 11) is 1.27. The van der Waals surface area contributed by atoms with Crippen molar-refractivity contribution in [3.8, 4) is 0 Å². The van der Waals surface area contributed by atoms with Gasteiger partial charge in [-0.05, 0) is 96.3 Å². The molecule has 0 spiro atoms. The number of likely N-dealkylation sites (N-methyl/N-ethyl adjacent to an activating group) is 1.